The zero-order valence-corrected chi connectivity index (χ0v) is 13.7. The average molecular weight is 394 g/mol. The van der Waals surface area contributed by atoms with Crippen LogP contribution in [0, 0.1) is 13.8 Å². The van der Waals surface area contributed by atoms with Gasteiger partial charge in [0.15, 0.2) is 0 Å². The van der Waals surface area contributed by atoms with Gasteiger partial charge in [-0.25, -0.2) is 0 Å². The van der Waals surface area contributed by atoms with Gasteiger partial charge in [-0.05, 0) is 54.0 Å². The van der Waals surface area contributed by atoms with E-state index in [1.165, 1.54) is 0 Å². The molecule has 0 saturated heterocycles. The molecule has 1 aromatic carbocycles. The van der Waals surface area contributed by atoms with Crippen molar-refractivity contribution in [3.05, 3.63) is 44.6 Å². The van der Waals surface area contributed by atoms with Crippen LogP contribution in [0.25, 0.3) is 0 Å². The van der Waals surface area contributed by atoms with Gasteiger partial charge in [0, 0.05) is 8.95 Å². The first-order valence-electron chi connectivity index (χ1n) is 5.06. The highest BCUT2D eigenvalue weighted by atomic mass is 79.9. The van der Waals surface area contributed by atoms with Crippen molar-refractivity contribution in [2.24, 2.45) is 0 Å². The van der Waals surface area contributed by atoms with Crippen molar-refractivity contribution in [2.75, 3.05) is 0 Å². The number of halogens is 2. The third-order valence-corrected chi connectivity index (χ3v) is 5.53. The fourth-order valence-corrected chi connectivity index (χ4v) is 4.44. The Morgan fingerprint density at radius 2 is 1.83 bits per heavy atom. The molecule has 18 heavy (non-hydrogen) atoms. The van der Waals surface area contributed by atoms with Crippen LogP contribution in [0.1, 0.15) is 11.4 Å². The van der Waals surface area contributed by atoms with Crippen molar-refractivity contribution in [3.63, 3.8) is 0 Å². The van der Waals surface area contributed by atoms with Crippen LogP contribution < -0.4 is 0 Å². The van der Waals surface area contributed by atoms with Gasteiger partial charge in [0.2, 0.25) is 0 Å². The quantitative estimate of drug-likeness (QED) is 0.786. The standard InChI is InChI=1S/C11H10Br2N2O2S/c1-7-5-8(2)15(14-7)18(16,17)11-6-9(12)3-4-10(11)13/h3-6H,1-2H3. The minimum absolute atomic E-state index is 0.183. The van der Waals surface area contributed by atoms with Crippen LogP contribution in [0.2, 0.25) is 0 Å². The van der Waals surface area contributed by atoms with Crippen LogP contribution in [0.3, 0.4) is 0 Å². The van der Waals surface area contributed by atoms with Crippen LogP contribution in [0.5, 0.6) is 0 Å². The van der Waals surface area contributed by atoms with Gasteiger partial charge in [0.1, 0.15) is 4.90 Å². The van der Waals surface area contributed by atoms with Gasteiger partial charge in [-0.2, -0.15) is 17.6 Å². The lowest BCUT2D eigenvalue weighted by molar-refractivity contribution is 0.577. The van der Waals surface area contributed by atoms with Gasteiger partial charge in [-0.3, -0.25) is 0 Å². The smallest absolute Gasteiger partial charge is 0.199 e. The van der Waals surface area contributed by atoms with Gasteiger partial charge in [0.25, 0.3) is 10.0 Å². The highest BCUT2D eigenvalue weighted by Gasteiger charge is 2.23. The summed E-state index contributed by atoms with van der Waals surface area (Å²) in [6, 6.07) is 6.73. The van der Waals surface area contributed by atoms with Crippen molar-refractivity contribution in [1.82, 2.24) is 9.19 Å². The number of hydrogen-bond donors (Lipinski definition) is 0. The number of benzene rings is 1. The molecule has 4 nitrogen and oxygen atoms in total. The lowest BCUT2D eigenvalue weighted by Crippen LogP contribution is -2.16. The second-order valence-corrected chi connectivity index (χ2v) is 7.36. The summed E-state index contributed by atoms with van der Waals surface area (Å²) in [7, 11) is -3.67. The third-order valence-electron chi connectivity index (χ3n) is 2.37. The molecule has 0 unspecified atom stereocenters. The van der Waals surface area contributed by atoms with Gasteiger partial charge in [-0.15, -0.1) is 0 Å². The molecule has 96 valence electrons. The van der Waals surface area contributed by atoms with Crippen LogP contribution >= 0.6 is 31.9 Å². The maximum atomic E-state index is 12.5. The van der Waals surface area contributed by atoms with Crippen molar-refractivity contribution < 1.29 is 8.42 Å². The number of nitrogens with zero attached hydrogens (tertiary/aromatic N) is 2. The zero-order chi connectivity index (χ0) is 13.5. The molecule has 0 aliphatic rings. The molecular formula is C11H10Br2N2O2S. The lowest BCUT2D eigenvalue weighted by Gasteiger charge is -2.08. The van der Waals surface area contributed by atoms with E-state index < -0.39 is 10.0 Å². The number of rotatable bonds is 2. The molecule has 0 fully saturated rings. The molecule has 2 aromatic rings. The Morgan fingerprint density at radius 3 is 2.39 bits per heavy atom. The van der Waals surface area contributed by atoms with Gasteiger partial charge in [0.05, 0.1) is 11.4 Å². The minimum Gasteiger partial charge on any atom is -0.199 e. The van der Waals surface area contributed by atoms with Gasteiger partial charge < -0.3 is 0 Å². The second kappa shape index (κ2) is 4.79. The third kappa shape index (κ3) is 2.39. The van der Waals surface area contributed by atoms with E-state index in [0.717, 1.165) is 4.09 Å². The van der Waals surface area contributed by atoms with E-state index in [4.69, 9.17) is 0 Å². The zero-order valence-electron chi connectivity index (χ0n) is 9.68. The Balaban J connectivity index is 2.69. The molecule has 0 saturated carbocycles. The molecule has 0 spiro atoms. The van der Waals surface area contributed by atoms with Gasteiger partial charge >= 0.3 is 0 Å². The van der Waals surface area contributed by atoms with Crippen LogP contribution in [-0.4, -0.2) is 17.6 Å². The van der Waals surface area contributed by atoms with Crippen molar-refractivity contribution in [2.45, 2.75) is 18.7 Å². The van der Waals surface area contributed by atoms with Crippen LogP contribution in [0.15, 0.2) is 38.1 Å². The predicted molar refractivity (Wildman–Crippen MR) is 76.1 cm³/mol. The normalized spacial score (nSPS) is 11.8. The molecule has 7 heteroatoms. The molecule has 0 bridgehead atoms. The Hall–Kier alpha value is -0.660. The molecule has 1 heterocycles. The summed E-state index contributed by atoms with van der Waals surface area (Å²) < 4.78 is 27.2. The Morgan fingerprint density at radius 1 is 1.17 bits per heavy atom. The van der Waals surface area contributed by atoms with E-state index in [2.05, 4.69) is 37.0 Å². The summed E-state index contributed by atoms with van der Waals surface area (Å²) in [5, 5.41) is 4.02. The van der Waals surface area contributed by atoms with E-state index >= 15 is 0 Å². The summed E-state index contributed by atoms with van der Waals surface area (Å²) in [5.41, 5.74) is 1.25. The molecule has 0 atom stereocenters. The topological polar surface area (TPSA) is 52.0 Å². The summed E-state index contributed by atoms with van der Waals surface area (Å²) in [5.74, 6) is 0. The Labute approximate surface area is 122 Å². The van der Waals surface area contributed by atoms with E-state index in [0.29, 0.717) is 20.3 Å². The van der Waals surface area contributed by atoms with Crippen molar-refractivity contribution in [3.8, 4) is 0 Å². The molecule has 2 rings (SSSR count). The molecule has 1 aromatic heterocycles. The molecule has 0 aliphatic heterocycles. The first-order valence-corrected chi connectivity index (χ1v) is 8.09. The lowest BCUT2D eigenvalue weighted by atomic mass is 10.4. The SMILES string of the molecule is Cc1cc(C)n(S(=O)(=O)c2cc(Br)ccc2Br)n1. The average Bonchev–Trinajstić information content (AvgIpc) is 2.62. The summed E-state index contributed by atoms with van der Waals surface area (Å²) in [6.07, 6.45) is 0. The van der Waals surface area contributed by atoms with Crippen molar-refractivity contribution in [1.29, 1.82) is 0 Å². The van der Waals surface area contributed by atoms with Crippen LogP contribution in [0.4, 0.5) is 0 Å². The highest BCUT2D eigenvalue weighted by molar-refractivity contribution is 9.11. The van der Waals surface area contributed by atoms with Crippen molar-refractivity contribution >= 4 is 41.9 Å². The maximum absolute atomic E-state index is 12.5. The maximum Gasteiger partial charge on any atom is 0.284 e. The molecular weight excluding hydrogens is 384 g/mol. The van der Waals surface area contributed by atoms with E-state index in [9.17, 15) is 8.42 Å². The summed E-state index contributed by atoms with van der Waals surface area (Å²) >= 11 is 6.52. The first kappa shape index (κ1) is 13.8. The first-order chi connectivity index (χ1) is 8.32. The highest BCUT2D eigenvalue weighted by Crippen LogP contribution is 2.27. The largest absolute Gasteiger partial charge is 0.284 e. The van der Waals surface area contributed by atoms with E-state index in [1.54, 1.807) is 38.1 Å². The molecule has 0 aliphatic carbocycles. The Kier molecular flexibility index (Phi) is 3.66. The molecule has 0 radical (unpaired) electrons. The second-order valence-electron chi connectivity index (χ2n) is 3.85. The number of aryl methyl sites for hydroxylation is 2. The van der Waals surface area contributed by atoms with Crippen LogP contribution in [-0.2, 0) is 10.0 Å². The van der Waals surface area contributed by atoms with E-state index in [1.807, 2.05) is 0 Å². The predicted octanol–water partition coefficient (Wildman–Crippen LogP) is 3.26. The fraction of sp³-hybridized carbons (Fsp3) is 0.182. The summed E-state index contributed by atoms with van der Waals surface area (Å²) in [6.45, 7) is 3.47. The minimum atomic E-state index is -3.67. The number of aromatic nitrogens is 2. The fourth-order valence-electron chi connectivity index (χ4n) is 1.62. The number of hydrogen-bond acceptors (Lipinski definition) is 3. The molecule has 0 amide bonds. The monoisotopic (exact) mass is 392 g/mol. The summed E-state index contributed by atoms with van der Waals surface area (Å²) in [4.78, 5) is 0.183. The van der Waals surface area contributed by atoms with E-state index in [-0.39, 0.29) is 4.90 Å². The Bertz CT molecular complexity index is 708. The van der Waals surface area contributed by atoms with Gasteiger partial charge in [-0.1, -0.05) is 15.9 Å². The molecule has 0 N–H and O–H groups in total.